The van der Waals surface area contributed by atoms with Gasteiger partial charge in [-0.1, -0.05) is 40.2 Å². The highest BCUT2D eigenvalue weighted by molar-refractivity contribution is 9.10. The van der Waals surface area contributed by atoms with Gasteiger partial charge in [-0.2, -0.15) is 0 Å². The van der Waals surface area contributed by atoms with Crippen LogP contribution in [0.2, 0.25) is 0 Å². The zero-order valence-electron chi connectivity index (χ0n) is 14.7. The first-order valence-electron chi connectivity index (χ1n) is 9.15. The van der Waals surface area contributed by atoms with Gasteiger partial charge in [-0.05, 0) is 47.7 Å². The third kappa shape index (κ3) is 3.70. The molecule has 1 unspecified atom stereocenters. The molecule has 0 saturated carbocycles. The normalized spacial score (nSPS) is 18.4. The van der Waals surface area contributed by atoms with Gasteiger partial charge in [-0.15, -0.1) is 0 Å². The minimum atomic E-state index is -0.527. The van der Waals surface area contributed by atoms with Crippen molar-refractivity contribution in [2.75, 3.05) is 26.2 Å². The van der Waals surface area contributed by atoms with Crippen molar-refractivity contribution >= 4 is 21.8 Å². The van der Waals surface area contributed by atoms with E-state index in [1.165, 1.54) is 11.1 Å². The fourth-order valence-corrected chi connectivity index (χ4v) is 4.41. The molecule has 26 heavy (non-hydrogen) atoms. The minimum Gasteiger partial charge on any atom is -0.390 e. The van der Waals surface area contributed by atoms with Gasteiger partial charge in [0, 0.05) is 42.8 Å². The van der Waals surface area contributed by atoms with Crippen LogP contribution in [0.15, 0.2) is 46.9 Å². The topological polar surface area (TPSA) is 43.8 Å². The quantitative estimate of drug-likeness (QED) is 0.836. The second kappa shape index (κ2) is 7.51. The Hall–Kier alpha value is -1.69. The molecule has 1 atom stereocenters. The van der Waals surface area contributed by atoms with Crippen LogP contribution in [0.25, 0.3) is 0 Å². The van der Waals surface area contributed by atoms with E-state index in [4.69, 9.17) is 0 Å². The number of amides is 1. The lowest BCUT2D eigenvalue weighted by atomic mass is 9.98. The van der Waals surface area contributed by atoms with Crippen LogP contribution in [-0.4, -0.2) is 53.1 Å². The van der Waals surface area contributed by atoms with Gasteiger partial charge in [0.05, 0.1) is 6.10 Å². The molecule has 0 radical (unpaired) electrons. The van der Waals surface area contributed by atoms with Crippen molar-refractivity contribution in [2.45, 2.75) is 25.5 Å². The fraction of sp³-hybridized carbons (Fsp3) is 0.381. The molecule has 0 spiro atoms. The molecule has 0 bridgehead atoms. The average Bonchev–Trinajstić information content (AvgIpc) is 2.64. The van der Waals surface area contributed by atoms with Crippen LogP contribution >= 0.6 is 15.9 Å². The molecule has 2 aliphatic heterocycles. The lowest BCUT2D eigenvalue weighted by Crippen LogP contribution is -2.46. The van der Waals surface area contributed by atoms with Crippen molar-refractivity contribution in [3.63, 3.8) is 0 Å². The highest BCUT2D eigenvalue weighted by Gasteiger charge is 2.27. The third-order valence-electron chi connectivity index (χ3n) is 5.35. The standard InChI is InChI=1S/C21H23BrN2O2/c22-18-5-6-20-16(11-18)8-10-24(21(20)26)14-19(25)13-23-9-7-15-3-1-2-4-17(15)12-23/h1-6,11,19,25H,7-10,12-14H2. The van der Waals surface area contributed by atoms with Gasteiger partial charge < -0.3 is 10.0 Å². The summed E-state index contributed by atoms with van der Waals surface area (Å²) in [4.78, 5) is 16.8. The summed E-state index contributed by atoms with van der Waals surface area (Å²) in [7, 11) is 0. The van der Waals surface area contributed by atoms with Crippen molar-refractivity contribution in [2.24, 2.45) is 0 Å². The van der Waals surface area contributed by atoms with Gasteiger partial charge in [-0.25, -0.2) is 0 Å². The summed E-state index contributed by atoms with van der Waals surface area (Å²) in [6, 6.07) is 14.3. The van der Waals surface area contributed by atoms with Crippen LogP contribution in [-0.2, 0) is 19.4 Å². The van der Waals surface area contributed by atoms with Crippen molar-refractivity contribution in [3.05, 3.63) is 69.2 Å². The molecule has 2 aromatic rings. The number of hydrogen-bond donors (Lipinski definition) is 1. The number of nitrogens with zero attached hydrogens (tertiary/aromatic N) is 2. The Morgan fingerprint density at radius 1 is 1.00 bits per heavy atom. The van der Waals surface area contributed by atoms with E-state index in [0.717, 1.165) is 41.5 Å². The maximum atomic E-state index is 12.7. The summed E-state index contributed by atoms with van der Waals surface area (Å²) < 4.78 is 1.00. The van der Waals surface area contributed by atoms with Crippen molar-refractivity contribution < 1.29 is 9.90 Å². The predicted molar refractivity (Wildman–Crippen MR) is 105 cm³/mol. The number of benzene rings is 2. The molecule has 4 rings (SSSR count). The number of fused-ring (bicyclic) bond motifs is 2. The number of halogens is 1. The van der Waals surface area contributed by atoms with Crippen LogP contribution in [0.1, 0.15) is 27.0 Å². The van der Waals surface area contributed by atoms with Gasteiger partial charge in [0.2, 0.25) is 0 Å². The highest BCUT2D eigenvalue weighted by atomic mass is 79.9. The minimum absolute atomic E-state index is 0.0294. The smallest absolute Gasteiger partial charge is 0.254 e. The molecule has 5 heteroatoms. The van der Waals surface area contributed by atoms with E-state index in [1.54, 1.807) is 4.90 Å². The van der Waals surface area contributed by atoms with Crippen molar-refractivity contribution in [3.8, 4) is 0 Å². The van der Waals surface area contributed by atoms with Crippen LogP contribution < -0.4 is 0 Å². The summed E-state index contributed by atoms with van der Waals surface area (Å²) in [5.74, 6) is 0.0294. The third-order valence-corrected chi connectivity index (χ3v) is 5.84. The van der Waals surface area contributed by atoms with Gasteiger partial charge in [0.25, 0.3) is 5.91 Å². The molecule has 2 aromatic carbocycles. The Morgan fingerprint density at radius 3 is 2.62 bits per heavy atom. The summed E-state index contributed by atoms with van der Waals surface area (Å²) in [6.45, 7) is 3.50. The first-order valence-corrected chi connectivity index (χ1v) is 9.94. The van der Waals surface area contributed by atoms with Crippen LogP contribution in [0.3, 0.4) is 0 Å². The van der Waals surface area contributed by atoms with E-state index in [-0.39, 0.29) is 5.91 Å². The lowest BCUT2D eigenvalue weighted by Gasteiger charge is -2.34. The molecule has 4 nitrogen and oxygen atoms in total. The van der Waals surface area contributed by atoms with Crippen LogP contribution in [0.5, 0.6) is 0 Å². The number of hydrogen-bond acceptors (Lipinski definition) is 3. The summed E-state index contributed by atoms with van der Waals surface area (Å²) in [6.07, 6.45) is 1.33. The van der Waals surface area contributed by atoms with E-state index in [2.05, 4.69) is 45.1 Å². The average molecular weight is 415 g/mol. The Morgan fingerprint density at radius 2 is 1.77 bits per heavy atom. The van der Waals surface area contributed by atoms with E-state index in [1.807, 2.05) is 18.2 Å². The monoisotopic (exact) mass is 414 g/mol. The van der Waals surface area contributed by atoms with Gasteiger partial charge in [0.1, 0.15) is 0 Å². The van der Waals surface area contributed by atoms with Gasteiger partial charge >= 0.3 is 0 Å². The maximum Gasteiger partial charge on any atom is 0.254 e. The Kier molecular flexibility index (Phi) is 5.11. The van der Waals surface area contributed by atoms with E-state index in [0.29, 0.717) is 19.6 Å². The maximum absolute atomic E-state index is 12.7. The molecule has 2 heterocycles. The molecule has 0 aromatic heterocycles. The lowest BCUT2D eigenvalue weighted by molar-refractivity contribution is 0.0493. The molecular formula is C21H23BrN2O2. The zero-order chi connectivity index (χ0) is 18.1. The highest BCUT2D eigenvalue weighted by Crippen LogP contribution is 2.23. The number of carbonyl (C=O) groups excluding carboxylic acids is 1. The van der Waals surface area contributed by atoms with Crippen LogP contribution in [0.4, 0.5) is 0 Å². The summed E-state index contributed by atoms with van der Waals surface area (Å²) >= 11 is 3.46. The Labute approximate surface area is 162 Å². The van der Waals surface area contributed by atoms with E-state index < -0.39 is 6.10 Å². The van der Waals surface area contributed by atoms with E-state index in [9.17, 15) is 9.90 Å². The number of aliphatic hydroxyl groups excluding tert-OH is 1. The fourth-order valence-electron chi connectivity index (χ4n) is 4.00. The van der Waals surface area contributed by atoms with Crippen molar-refractivity contribution in [1.29, 1.82) is 0 Å². The first-order chi connectivity index (χ1) is 12.6. The summed E-state index contributed by atoms with van der Waals surface area (Å²) in [5, 5.41) is 10.6. The molecular weight excluding hydrogens is 392 g/mol. The van der Waals surface area contributed by atoms with E-state index >= 15 is 0 Å². The Balaban J connectivity index is 1.36. The SMILES string of the molecule is O=C1c2ccc(Br)cc2CCN1CC(O)CN1CCc2ccccc2C1. The largest absolute Gasteiger partial charge is 0.390 e. The number of β-amino-alcohol motifs (C(OH)–C–C–N with tert-alkyl or cyclic N) is 1. The second-order valence-electron chi connectivity index (χ2n) is 7.21. The predicted octanol–water partition coefficient (Wildman–Crippen LogP) is 2.87. The second-order valence-corrected chi connectivity index (χ2v) is 8.13. The molecule has 136 valence electrons. The summed E-state index contributed by atoms with van der Waals surface area (Å²) in [5.41, 5.74) is 4.60. The van der Waals surface area contributed by atoms with Gasteiger partial charge in [0.15, 0.2) is 0 Å². The van der Waals surface area contributed by atoms with Crippen LogP contribution in [0, 0.1) is 0 Å². The van der Waals surface area contributed by atoms with Crippen molar-refractivity contribution in [1.82, 2.24) is 9.80 Å². The molecule has 0 saturated heterocycles. The molecule has 2 aliphatic rings. The molecule has 0 aliphatic carbocycles. The molecule has 1 amide bonds. The first kappa shape index (κ1) is 17.7. The Bertz CT molecular complexity index is 823. The molecule has 1 N–H and O–H groups in total. The molecule has 0 fully saturated rings. The van der Waals surface area contributed by atoms with Gasteiger partial charge in [-0.3, -0.25) is 9.69 Å². The number of rotatable bonds is 4. The number of carbonyl (C=O) groups is 1. The zero-order valence-corrected chi connectivity index (χ0v) is 16.3. The number of aliphatic hydroxyl groups is 1.